The lowest BCUT2D eigenvalue weighted by molar-refractivity contribution is -0.146. The summed E-state index contributed by atoms with van der Waals surface area (Å²) < 4.78 is 25.7. The van der Waals surface area contributed by atoms with E-state index in [2.05, 4.69) is 10.0 Å². The molecule has 1 unspecified atom stereocenters. The number of carbonyl (C=O) groups is 2. The Morgan fingerprint density at radius 1 is 1.24 bits per heavy atom. The molecule has 0 radical (unpaired) electrons. The van der Waals surface area contributed by atoms with Gasteiger partial charge in [0.25, 0.3) is 5.91 Å². The highest BCUT2D eigenvalue weighted by Crippen LogP contribution is 2.10. The van der Waals surface area contributed by atoms with Crippen LogP contribution in [0.3, 0.4) is 0 Å². The predicted molar refractivity (Wildman–Crippen MR) is 73.3 cm³/mol. The number of hydrogen-bond acceptors (Lipinski definition) is 5. The van der Waals surface area contributed by atoms with Crippen LogP contribution in [0.1, 0.15) is 17.3 Å². The Morgan fingerprint density at radius 2 is 1.81 bits per heavy atom. The first kappa shape index (κ1) is 17.1. The number of benzene rings is 1. The van der Waals surface area contributed by atoms with Crippen molar-refractivity contribution in [3.8, 4) is 0 Å². The molecule has 21 heavy (non-hydrogen) atoms. The summed E-state index contributed by atoms with van der Waals surface area (Å²) in [5, 5.41) is 19.7. The first-order chi connectivity index (χ1) is 9.77. The number of carbonyl (C=O) groups excluding carboxylic acids is 1. The molecular formula is C12H16N2O6S. The standard InChI is InChI=1S/C12H16N2O6S/c1-2-14-21(19,20)9-5-3-8(4-6-9)11(16)13-7-10(15)12(17)18/h3-6,10,14-15H,2,7H2,1H3,(H,13,16)(H,17,18). The summed E-state index contributed by atoms with van der Waals surface area (Å²) in [6.07, 6.45) is -1.69. The monoisotopic (exact) mass is 316 g/mol. The Kier molecular flexibility index (Phi) is 5.82. The maximum absolute atomic E-state index is 11.7. The van der Waals surface area contributed by atoms with Crippen LogP contribution in [-0.4, -0.2) is 49.7 Å². The summed E-state index contributed by atoms with van der Waals surface area (Å²) >= 11 is 0. The quantitative estimate of drug-likeness (QED) is 0.518. The van der Waals surface area contributed by atoms with Crippen molar-refractivity contribution < 1.29 is 28.2 Å². The Balaban J connectivity index is 2.74. The van der Waals surface area contributed by atoms with Crippen LogP contribution in [0.5, 0.6) is 0 Å². The number of carboxylic acids is 1. The molecule has 0 aliphatic heterocycles. The van der Waals surface area contributed by atoms with Crippen LogP contribution in [0.25, 0.3) is 0 Å². The third kappa shape index (κ3) is 4.81. The number of sulfonamides is 1. The number of aliphatic hydroxyl groups is 1. The van der Waals surface area contributed by atoms with E-state index >= 15 is 0 Å². The lowest BCUT2D eigenvalue weighted by atomic mass is 10.2. The minimum Gasteiger partial charge on any atom is -0.479 e. The summed E-state index contributed by atoms with van der Waals surface area (Å²) in [5.41, 5.74) is 0.156. The van der Waals surface area contributed by atoms with Gasteiger partial charge in [0, 0.05) is 12.1 Å². The van der Waals surface area contributed by atoms with Crippen molar-refractivity contribution in [2.24, 2.45) is 0 Å². The Labute approximate surface area is 121 Å². The number of carboxylic acid groups (broad SMARTS) is 1. The molecular weight excluding hydrogens is 300 g/mol. The fourth-order valence-corrected chi connectivity index (χ4v) is 2.48. The van der Waals surface area contributed by atoms with Gasteiger partial charge >= 0.3 is 5.97 Å². The second kappa shape index (κ2) is 7.16. The maximum Gasteiger partial charge on any atom is 0.334 e. The molecule has 0 aromatic heterocycles. The van der Waals surface area contributed by atoms with Gasteiger partial charge in [0.2, 0.25) is 10.0 Å². The zero-order valence-corrected chi connectivity index (χ0v) is 12.1. The van der Waals surface area contributed by atoms with Gasteiger partial charge in [-0.3, -0.25) is 4.79 Å². The Bertz CT molecular complexity index is 611. The molecule has 1 atom stereocenters. The average molecular weight is 316 g/mol. The highest BCUT2D eigenvalue weighted by atomic mass is 32.2. The number of aliphatic hydroxyl groups excluding tert-OH is 1. The van der Waals surface area contributed by atoms with Crippen LogP contribution in [-0.2, 0) is 14.8 Å². The van der Waals surface area contributed by atoms with Crippen molar-refractivity contribution in [2.45, 2.75) is 17.9 Å². The van der Waals surface area contributed by atoms with Gasteiger partial charge in [-0.15, -0.1) is 0 Å². The van der Waals surface area contributed by atoms with Crippen LogP contribution < -0.4 is 10.0 Å². The smallest absolute Gasteiger partial charge is 0.334 e. The molecule has 0 heterocycles. The third-order valence-electron chi connectivity index (χ3n) is 2.50. The largest absolute Gasteiger partial charge is 0.479 e. The predicted octanol–water partition coefficient (Wildman–Crippen LogP) is -0.840. The van der Waals surface area contributed by atoms with Crippen molar-refractivity contribution in [1.29, 1.82) is 0 Å². The molecule has 8 nitrogen and oxygen atoms in total. The SMILES string of the molecule is CCNS(=O)(=O)c1ccc(C(=O)NCC(O)C(=O)O)cc1. The van der Waals surface area contributed by atoms with Gasteiger partial charge in [-0.25, -0.2) is 17.9 Å². The highest BCUT2D eigenvalue weighted by molar-refractivity contribution is 7.89. The van der Waals surface area contributed by atoms with Gasteiger partial charge in [0.15, 0.2) is 6.10 Å². The molecule has 1 aromatic rings. The second-order valence-corrected chi connectivity index (χ2v) is 5.86. The van der Waals surface area contributed by atoms with Crippen molar-refractivity contribution in [1.82, 2.24) is 10.0 Å². The molecule has 1 amide bonds. The van der Waals surface area contributed by atoms with Crippen molar-refractivity contribution in [3.05, 3.63) is 29.8 Å². The van der Waals surface area contributed by atoms with Gasteiger partial charge in [0.05, 0.1) is 11.4 Å². The van der Waals surface area contributed by atoms with Gasteiger partial charge in [-0.1, -0.05) is 6.92 Å². The molecule has 0 spiro atoms. The molecule has 0 saturated carbocycles. The molecule has 0 fully saturated rings. The van der Waals surface area contributed by atoms with E-state index in [4.69, 9.17) is 10.2 Å². The first-order valence-corrected chi connectivity index (χ1v) is 7.55. The molecule has 0 aliphatic rings. The molecule has 0 bridgehead atoms. The van der Waals surface area contributed by atoms with E-state index in [1.807, 2.05) is 0 Å². The molecule has 0 saturated heterocycles. The molecule has 4 N–H and O–H groups in total. The van der Waals surface area contributed by atoms with Gasteiger partial charge in [-0.2, -0.15) is 0 Å². The summed E-state index contributed by atoms with van der Waals surface area (Å²) in [4.78, 5) is 22.1. The van der Waals surface area contributed by atoms with Crippen LogP contribution >= 0.6 is 0 Å². The Morgan fingerprint density at radius 3 is 2.29 bits per heavy atom. The summed E-state index contributed by atoms with van der Waals surface area (Å²) in [6, 6.07) is 5.13. The van der Waals surface area contributed by atoms with E-state index < -0.39 is 34.5 Å². The van der Waals surface area contributed by atoms with Crippen molar-refractivity contribution in [3.63, 3.8) is 0 Å². The van der Waals surface area contributed by atoms with Gasteiger partial charge in [0.1, 0.15) is 0 Å². The number of amides is 1. The number of hydrogen-bond donors (Lipinski definition) is 4. The second-order valence-electron chi connectivity index (χ2n) is 4.09. The zero-order chi connectivity index (χ0) is 16.0. The van der Waals surface area contributed by atoms with Gasteiger partial charge in [-0.05, 0) is 24.3 Å². The number of nitrogens with one attached hydrogen (secondary N) is 2. The van der Waals surface area contributed by atoms with E-state index in [0.717, 1.165) is 0 Å². The van der Waals surface area contributed by atoms with E-state index in [9.17, 15) is 18.0 Å². The summed E-state index contributed by atoms with van der Waals surface area (Å²) in [5.74, 6) is -2.05. The highest BCUT2D eigenvalue weighted by Gasteiger charge is 2.16. The van der Waals surface area contributed by atoms with Crippen molar-refractivity contribution >= 4 is 21.9 Å². The molecule has 9 heteroatoms. The minimum atomic E-state index is -3.59. The average Bonchev–Trinajstić information content (AvgIpc) is 2.44. The number of rotatable bonds is 7. The fourth-order valence-electron chi connectivity index (χ4n) is 1.44. The van der Waals surface area contributed by atoms with E-state index in [1.165, 1.54) is 24.3 Å². The minimum absolute atomic E-state index is 0.0199. The maximum atomic E-state index is 11.7. The van der Waals surface area contributed by atoms with Crippen LogP contribution in [0.15, 0.2) is 29.2 Å². The fraction of sp³-hybridized carbons (Fsp3) is 0.333. The van der Waals surface area contributed by atoms with Crippen LogP contribution in [0, 0.1) is 0 Å². The third-order valence-corrected chi connectivity index (χ3v) is 4.06. The lowest BCUT2D eigenvalue weighted by Gasteiger charge is -2.08. The zero-order valence-electron chi connectivity index (χ0n) is 11.2. The van der Waals surface area contributed by atoms with E-state index in [1.54, 1.807) is 6.92 Å². The summed E-state index contributed by atoms with van der Waals surface area (Å²) in [6.45, 7) is 1.45. The molecule has 1 rings (SSSR count). The normalized spacial score (nSPS) is 12.7. The van der Waals surface area contributed by atoms with Crippen LogP contribution in [0.2, 0.25) is 0 Å². The molecule has 116 valence electrons. The number of aliphatic carboxylic acids is 1. The van der Waals surface area contributed by atoms with E-state index in [0.29, 0.717) is 0 Å². The lowest BCUT2D eigenvalue weighted by Crippen LogP contribution is -2.36. The topological polar surface area (TPSA) is 133 Å². The van der Waals surface area contributed by atoms with Crippen molar-refractivity contribution in [2.75, 3.05) is 13.1 Å². The van der Waals surface area contributed by atoms with Gasteiger partial charge < -0.3 is 15.5 Å². The summed E-state index contributed by atoms with van der Waals surface area (Å²) in [7, 11) is -3.59. The molecule has 1 aromatic carbocycles. The van der Waals surface area contributed by atoms with Crippen LogP contribution in [0.4, 0.5) is 0 Å². The first-order valence-electron chi connectivity index (χ1n) is 6.06. The van der Waals surface area contributed by atoms with E-state index in [-0.39, 0.29) is 17.0 Å². The Hall–Kier alpha value is -1.97. The molecule has 0 aliphatic carbocycles.